The summed E-state index contributed by atoms with van der Waals surface area (Å²) in [5, 5.41) is 0. The molecule has 0 N–H and O–H groups in total. The molecule has 24 heavy (non-hydrogen) atoms. The van der Waals surface area contributed by atoms with Crippen molar-refractivity contribution < 1.29 is 0 Å². The first-order chi connectivity index (χ1) is 11.9. The zero-order chi connectivity index (χ0) is 16.2. The predicted octanol–water partition coefficient (Wildman–Crippen LogP) is 6.94. The highest BCUT2D eigenvalue weighted by atomic mass is 31.1. The minimum absolute atomic E-state index is 0.101. The maximum atomic E-state index is 2.33. The first-order valence-electron chi connectivity index (χ1n) is 8.81. The van der Waals surface area contributed by atoms with Gasteiger partial charge in [0.25, 0.3) is 0 Å². The molecule has 1 fully saturated rings. The van der Waals surface area contributed by atoms with Gasteiger partial charge >= 0.3 is 0 Å². The van der Waals surface area contributed by atoms with Crippen LogP contribution in [0.15, 0.2) is 91.0 Å². The number of hydrogen-bond donors (Lipinski definition) is 0. The van der Waals surface area contributed by atoms with Crippen LogP contribution in [0.2, 0.25) is 0 Å². The molecule has 0 radical (unpaired) electrons. The van der Waals surface area contributed by atoms with Gasteiger partial charge in [0.1, 0.15) is 0 Å². The fraction of sp³-hybridized carbons (Fsp3) is 0.217. The quantitative estimate of drug-likeness (QED) is 0.454. The summed E-state index contributed by atoms with van der Waals surface area (Å²) >= 11 is 0. The second-order valence-electron chi connectivity index (χ2n) is 6.59. The smallest absolute Gasteiger partial charge is 0.00506 e. The van der Waals surface area contributed by atoms with Gasteiger partial charge in [-0.25, -0.2) is 0 Å². The monoisotopic (exact) mass is 330 g/mol. The van der Waals surface area contributed by atoms with Gasteiger partial charge in [-0.1, -0.05) is 98.9 Å². The lowest BCUT2D eigenvalue weighted by molar-refractivity contribution is 0.765. The Balaban J connectivity index is 1.67. The summed E-state index contributed by atoms with van der Waals surface area (Å²) in [7, 11) is -0.101. The molecule has 1 aliphatic rings. The van der Waals surface area contributed by atoms with E-state index in [-0.39, 0.29) is 7.92 Å². The summed E-state index contributed by atoms with van der Waals surface area (Å²) in [6.07, 6.45) is 3.87. The van der Waals surface area contributed by atoms with Crippen LogP contribution in [0, 0.1) is 0 Å². The van der Waals surface area contributed by atoms with E-state index in [1.165, 1.54) is 35.7 Å². The van der Waals surface area contributed by atoms with Crippen LogP contribution in [-0.2, 0) is 6.16 Å². The van der Waals surface area contributed by atoms with Crippen molar-refractivity contribution >= 4 is 7.92 Å². The average Bonchev–Trinajstić information content (AvgIpc) is 3.07. The Morgan fingerprint density at radius 3 is 1.46 bits per heavy atom. The molecular weight excluding hydrogens is 307 g/mol. The lowest BCUT2D eigenvalue weighted by Gasteiger charge is -2.27. The fourth-order valence-electron chi connectivity index (χ4n) is 3.95. The third kappa shape index (κ3) is 3.30. The zero-order valence-corrected chi connectivity index (χ0v) is 14.8. The van der Waals surface area contributed by atoms with Crippen LogP contribution in [0.3, 0.4) is 0 Å². The van der Waals surface area contributed by atoms with E-state index in [9.17, 15) is 0 Å². The Morgan fingerprint density at radius 1 is 0.583 bits per heavy atom. The molecule has 0 amide bonds. The van der Waals surface area contributed by atoms with E-state index in [1.54, 1.807) is 0 Å². The summed E-state index contributed by atoms with van der Waals surface area (Å²) < 4.78 is 0. The van der Waals surface area contributed by atoms with Gasteiger partial charge in [0.05, 0.1) is 0 Å². The molecule has 0 bridgehead atoms. The molecule has 120 valence electrons. The molecule has 0 aliphatic carbocycles. The largest absolute Gasteiger partial charge is 0.0868 e. The third-order valence-corrected chi connectivity index (χ3v) is 8.54. The van der Waals surface area contributed by atoms with Crippen molar-refractivity contribution in [1.29, 1.82) is 0 Å². The van der Waals surface area contributed by atoms with E-state index in [2.05, 4.69) is 91.0 Å². The van der Waals surface area contributed by atoms with Crippen LogP contribution in [-0.4, -0.2) is 0 Å². The Morgan fingerprint density at radius 2 is 1.00 bits per heavy atom. The Labute approximate surface area is 146 Å². The minimum Gasteiger partial charge on any atom is -0.0868 e. The van der Waals surface area contributed by atoms with Crippen molar-refractivity contribution in [3.8, 4) is 0 Å². The SMILES string of the molecule is c1ccc(CP2[C@@H](c3ccccc3)CC[C@@H]2c2ccccc2)cc1. The maximum Gasteiger partial charge on any atom is 0.00506 e. The van der Waals surface area contributed by atoms with E-state index in [4.69, 9.17) is 0 Å². The second kappa shape index (κ2) is 7.32. The Kier molecular flexibility index (Phi) is 4.76. The normalized spacial score (nSPS) is 21.0. The maximum absolute atomic E-state index is 2.33. The van der Waals surface area contributed by atoms with Gasteiger partial charge in [-0.05, 0) is 35.7 Å². The Hall–Kier alpha value is -1.91. The van der Waals surface area contributed by atoms with Crippen molar-refractivity contribution in [3.63, 3.8) is 0 Å². The average molecular weight is 330 g/mol. The molecule has 2 atom stereocenters. The van der Waals surface area contributed by atoms with Gasteiger partial charge in [-0.3, -0.25) is 0 Å². The van der Waals surface area contributed by atoms with Gasteiger partial charge in [-0.2, -0.15) is 0 Å². The van der Waals surface area contributed by atoms with Gasteiger partial charge < -0.3 is 0 Å². The molecular formula is C23H23P. The molecule has 3 aromatic carbocycles. The first kappa shape index (κ1) is 15.6. The van der Waals surface area contributed by atoms with Crippen molar-refractivity contribution in [2.45, 2.75) is 30.3 Å². The van der Waals surface area contributed by atoms with Crippen LogP contribution in [0.5, 0.6) is 0 Å². The molecule has 1 heterocycles. The molecule has 4 rings (SSSR count). The fourth-order valence-corrected chi connectivity index (χ4v) is 7.53. The predicted molar refractivity (Wildman–Crippen MR) is 105 cm³/mol. The lowest BCUT2D eigenvalue weighted by Crippen LogP contribution is -1.97. The lowest BCUT2D eigenvalue weighted by atomic mass is 10.0. The summed E-state index contributed by atoms with van der Waals surface area (Å²) in [6, 6.07) is 33.4. The molecule has 0 aromatic heterocycles. The highest BCUT2D eigenvalue weighted by molar-refractivity contribution is 7.58. The zero-order valence-electron chi connectivity index (χ0n) is 13.9. The molecule has 0 saturated carbocycles. The molecule has 1 heteroatoms. The van der Waals surface area contributed by atoms with Gasteiger partial charge in [-0.15, -0.1) is 0 Å². The third-order valence-electron chi connectivity index (χ3n) is 5.09. The number of hydrogen-bond acceptors (Lipinski definition) is 0. The second-order valence-corrected chi connectivity index (χ2v) is 9.18. The topological polar surface area (TPSA) is 0 Å². The molecule has 1 aliphatic heterocycles. The molecule has 3 aromatic rings. The molecule has 1 saturated heterocycles. The summed E-state index contributed by atoms with van der Waals surface area (Å²) in [5.41, 5.74) is 6.03. The minimum atomic E-state index is -0.101. The van der Waals surface area contributed by atoms with E-state index in [0.29, 0.717) is 0 Å². The summed E-state index contributed by atoms with van der Waals surface area (Å²) in [4.78, 5) is 0. The van der Waals surface area contributed by atoms with Crippen molar-refractivity contribution in [2.75, 3.05) is 0 Å². The van der Waals surface area contributed by atoms with E-state index in [1.807, 2.05) is 0 Å². The number of benzene rings is 3. The molecule has 0 nitrogen and oxygen atoms in total. The summed E-state index contributed by atoms with van der Waals surface area (Å²) in [6.45, 7) is 0. The van der Waals surface area contributed by atoms with Gasteiger partial charge in [0.2, 0.25) is 0 Å². The van der Waals surface area contributed by atoms with Crippen molar-refractivity contribution in [2.24, 2.45) is 0 Å². The highest BCUT2D eigenvalue weighted by Gasteiger charge is 2.36. The highest BCUT2D eigenvalue weighted by Crippen LogP contribution is 2.71. The van der Waals surface area contributed by atoms with Crippen molar-refractivity contribution in [3.05, 3.63) is 108 Å². The van der Waals surface area contributed by atoms with Crippen LogP contribution < -0.4 is 0 Å². The van der Waals surface area contributed by atoms with Crippen LogP contribution >= 0.6 is 7.92 Å². The molecule has 0 spiro atoms. The summed E-state index contributed by atoms with van der Waals surface area (Å²) in [5.74, 6) is 0. The standard InChI is InChI=1S/C23H23P/c1-4-10-19(11-5-1)18-24-22(20-12-6-2-7-13-20)16-17-23(24)21-14-8-3-9-15-21/h1-15,22-23H,16-18H2/t22-,23-/m1/s1. The van der Waals surface area contributed by atoms with E-state index >= 15 is 0 Å². The Bertz CT molecular complexity index is 704. The number of rotatable bonds is 4. The van der Waals surface area contributed by atoms with E-state index in [0.717, 1.165) is 11.3 Å². The van der Waals surface area contributed by atoms with Gasteiger partial charge in [0, 0.05) is 11.3 Å². The van der Waals surface area contributed by atoms with Crippen molar-refractivity contribution in [1.82, 2.24) is 0 Å². The van der Waals surface area contributed by atoms with E-state index < -0.39 is 0 Å². The van der Waals surface area contributed by atoms with Gasteiger partial charge in [0.15, 0.2) is 0 Å². The van der Waals surface area contributed by atoms with Crippen LogP contribution in [0.4, 0.5) is 0 Å². The van der Waals surface area contributed by atoms with Crippen LogP contribution in [0.1, 0.15) is 40.8 Å². The molecule has 0 unspecified atom stereocenters. The first-order valence-corrected chi connectivity index (χ1v) is 10.5. The van der Waals surface area contributed by atoms with Crippen LogP contribution in [0.25, 0.3) is 0 Å².